The number of hydrogen-bond acceptors (Lipinski definition) is 5. The van der Waals surface area contributed by atoms with Crippen LogP contribution in [0.4, 0.5) is 5.69 Å². The monoisotopic (exact) mass is 465 g/mol. The third-order valence-electron chi connectivity index (χ3n) is 4.75. The number of thiocarbonyl (C=S) groups is 1. The van der Waals surface area contributed by atoms with Crippen LogP contribution in [0.1, 0.15) is 52.7 Å². The summed E-state index contributed by atoms with van der Waals surface area (Å²) in [6, 6.07) is 17.4. The van der Waals surface area contributed by atoms with Crippen molar-refractivity contribution in [3.05, 3.63) is 83.8 Å². The van der Waals surface area contributed by atoms with Crippen molar-refractivity contribution in [3.63, 3.8) is 0 Å². The number of benzene rings is 2. The number of ether oxygens (including phenoxy) is 1. The van der Waals surface area contributed by atoms with Crippen LogP contribution >= 0.6 is 12.2 Å². The quantitative estimate of drug-likeness (QED) is 0.291. The Morgan fingerprint density at radius 3 is 2.64 bits per heavy atom. The van der Waals surface area contributed by atoms with E-state index >= 15 is 0 Å². The van der Waals surface area contributed by atoms with E-state index in [1.165, 1.54) is 0 Å². The van der Waals surface area contributed by atoms with Gasteiger partial charge in [-0.2, -0.15) is 0 Å². The first kappa shape index (κ1) is 24.0. The molecule has 0 radical (unpaired) electrons. The van der Waals surface area contributed by atoms with Gasteiger partial charge in [0.1, 0.15) is 11.5 Å². The average molecular weight is 466 g/mol. The minimum atomic E-state index is -0.370. The Morgan fingerprint density at radius 1 is 1.00 bits per heavy atom. The topological polar surface area (TPSA) is 92.6 Å². The summed E-state index contributed by atoms with van der Waals surface area (Å²) in [5.74, 6) is 0.561. The van der Waals surface area contributed by atoms with Crippen LogP contribution in [-0.4, -0.2) is 23.5 Å². The van der Waals surface area contributed by atoms with E-state index in [9.17, 15) is 9.59 Å². The number of furan rings is 1. The summed E-state index contributed by atoms with van der Waals surface area (Å²) >= 11 is 5.29. The number of carbonyl (C=O) groups excluding carboxylic acids is 2. The number of amides is 2. The molecule has 2 amide bonds. The van der Waals surface area contributed by atoms with Crippen LogP contribution in [0.5, 0.6) is 5.75 Å². The highest BCUT2D eigenvalue weighted by molar-refractivity contribution is 7.80. The summed E-state index contributed by atoms with van der Waals surface area (Å²) in [5.41, 5.74) is 1.44. The molecule has 1 heterocycles. The molecule has 7 nitrogen and oxygen atoms in total. The Hall–Kier alpha value is -3.65. The molecule has 172 valence electrons. The molecule has 0 fully saturated rings. The van der Waals surface area contributed by atoms with Gasteiger partial charge < -0.3 is 19.8 Å². The van der Waals surface area contributed by atoms with E-state index in [2.05, 4.69) is 22.9 Å². The van der Waals surface area contributed by atoms with Gasteiger partial charge in [0, 0.05) is 11.3 Å². The Bertz CT molecular complexity index is 1080. The van der Waals surface area contributed by atoms with Crippen LogP contribution in [0.25, 0.3) is 0 Å². The van der Waals surface area contributed by atoms with Crippen molar-refractivity contribution in [2.45, 2.75) is 32.7 Å². The van der Waals surface area contributed by atoms with Crippen molar-refractivity contribution in [2.75, 3.05) is 11.9 Å². The van der Waals surface area contributed by atoms with Gasteiger partial charge in [0.25, 0.3) is 11.8 Å². The molecule has 0 aliphatic heterocycles. The van der Waals surface area contributed by atoms with Gasteiger partial charge >= 0.3 is 0 Å². The number of nitrogens with one attached hydrogen (secondary N) is 3. The normalized spacial score (nSPS) is 10.3. The summed E-state index contributed by atoms with van der Waals surface area (Å²) in [5, 5.41) is 8.52. The first-order chi connectivity index (χ1) is 16.1. The van der Waals surface area contributed by atoms with E-state index < -0.39 is 0 Å². The second-order valence-electron chi connectivity index (χ2n) is 7.30. The van der Waals surface area contributed by atoms with Gasteiger partial charge in [0.2, 0.25) is 0 Å². The number of anilines is 1. The molecule has 0 aliphatic rings. The van der Waals surface area contributed by atoms with Crippen LogP contribution < -0.4 is 20.7 Å². The van der Waals surface area contributed by atoms with Crippen molar-refractivity contribution in [2.24, 2.45) is 0 Å². The molecule has 2 aromatic carbocycles. The fourth-order valence-corrected chi connectivity index (χ4v) is 3.28. The zero-order chi connectivity index (χ0) is 23.5. The molecule has 0 unspecified atom stereocenters. The van der Waals surface area contributed by atoms with Crippen molar-refractivity contribution in [1.29, 1.82) is 0 Å². The van der Waals surface area contributed by atoms with E-state index in [0.29, 0.717) is 34.9 Å². The molecule has 0 bridgehead atoms. The molecular formula is C25H27N3O4S. The van der Waals surface area contributed by atoms with E-state index in [4.69, 9.17) is 21.4 Å². The van der Waals surface area contributed by atoms with Crippen LogP contribution in [0.3, 0.4) is 0 Å². The van der Waals surface area contributed by atoms with E-state index in [-0.39, 0.29) is 23.5 Å². The van der Waals surface area contributed by atoms with Gasteiger partial charge in [-0.05, 0) is 61.1 Å². The lowest BCUT2D eigenvalue weighted by Crippen LogP contribution is -2.34. The second-order valence-corrected chi connectivity index (χ2v) is 7.71. The predicted molar refractivity (Wildman–Crippen MR) is 131 cm³/mol. The Balaban J connectivity index is 1.56. The maximum Gasteiger partial charge on any atom is 0.261 e. The molecule has 3 aromatic rings. The van der Waals surface area contributed by atoms with Gasteiger partial charge in [0.05, 0.1) is 25.0 Å². The summed E-state index contributed by atoms with van der Waals surface area (Å²) in [4.78, 5) is 25.1. The van der Waals surface area contributed by atoms with Crippen LogP contribution in [0.15, 0.2) is 71.3 Å². The molecule has 0 spiro atoms. The molecule has 3 rings (SSSR count). The number of rotatable bonds is 10. The SMILES string of the molecule is CCCCCOc1ccccc1C(=O)NC(=S)Nc1cccc(C(=O)NCc2ccco2)c1. The first-order valence-electron chi connectivity index (χ1n) is 10.8. The number of para-hydroxylation sites is 1. The van der Waals surface area contributed by atoms with Gasteiger partial charge in [-0.15, -0.1) is 0 Å². The van der Waals surface area contributed by atoms with Crippen molar-refractivity contribution in [1.82, 2.24) is 10.6 Å². The molecule has 0 saturated heterocycles. The lowest BCUT2D eigenvalue weighted by atomic mass is 10.2. The summed E-state index contributed by atoms with van der Waals surface area (Å²) in [7, 11) is 0. The minimum Gasteiger partial charge on any atom is -0.493 e. The lowest BCUT2D eigenvalue weighted by Gasteiger charge is -2.13. The molecule has 3 N–H and O–H groups in total. The van der Waals surface area contributed by atoms with E-state index in [1.807, 2.05) is 6.07 Å². The highest BCUT2D eigenvalue weighted by Crippen LogP contribution is 2.18. The minimum absolute atomic E-state index is 0.119. The van der Waals surface area contributed by atoms with E-state index in [1.54, 1.807) is 60.9 Å². The van der Waals surface area contributed by atoms with Gasteiger partial charge in [-0.25, -0.2) is 0 Å². The zero-order valence-electron chi connectivity index (χ0n) is 18.4. The molecule has 0 aliphatic carbocycles. The maximum atomic E-state index is 12.7. The van der Waals surface area contributed by atoms with Crippen molar-refractivity contribution >= 4 is 34.8 Å². The molecule has 0 saturated carbocycles. The summed E-state index contributed by atoms with van der Waals surface area (Å²) in [6.45, 7) is 2.96. The number of hydrogen-bond donors (Lipinski definition) is 3. The Morgan fingerprint density at radius 2 is 1.85 bits per heavy atom. The van der Waals surface area contributed by atoms with Crippen molar-refractivity contribution < 1.29 is 18.7 Å². The fourth-order valence-electron chi connectivity index (χ4n) is 3.07. The van der Waals surface area contributed by atoms with Gasteiger partial charge in [0.15, 0.2) is 5.11 Å². The van der Waals surface area contributed by atoms with Crippen LogP contribution in [0, 0.1) is 0 Å². The smallest absolute Gasteiger partial charge is 0.261 e. The third kappa shape index (κ3) is 7.47. The number of unbranched alkanes of at least 4 members (excludes halogenated alkanes) is 2. The van der Waals surface area contributed by atoms with Crippen LogP contribution in [0.2, 0.25) is 0 Å². The number of carbonyl (C=O) groups is 2. The first-order valence-corrected chi connectivity index (χ1v) is 11.2. The molecule has 8 heteroatoms. The van der Waals surface area contributed by atoms with Crippen LogP contribution in [-0.2, 0) is 6.54 Å². The zero-order valence-corrected chi connectivity index (χ0v) is 19.2. The maximum absolute atomic E-state index is 12.7. The average Bonchev–Trinajstić information content (AvgIpc) is 3.34. The Labute approximate surface area is 198 Å². The Kier molecular flexibility index (Phi) is 9.02. The standard InChI is InChI=1S/C25H27N3O4S/c1-2-3-6-14-32-22-13-5-4-12-21(22)24(30)28-25(33)27-19-10-7-9-18(16-19)23(29)26-17-20-11-8-15-31-20/h4-5,7-13,15-16H,2-3,6,14,17H2,1H3,(H,26,29)(H2,27,28,30,33). The molecule has 33 heavy (non-hydrogen) atoms. The summed E-state index contributed by atoms with van der Waals surface area (Å²) < 4.78 is 11.0. The molecule has 0 atom stereocenters. The largest absolute Gasteiger partial charge is 0.493 e. The highest BCUT2D eigenvalue weighted by Gasteiger charge is 2.14. The molecular weight excluding hydrogens is 438 g/mol. The van der Waals surface area contributed by atoms with Crippen molar-refractivity contribution in [3.8, 4) is 5.75 Å². The highest BCUT2D eigenvalue weighted by atomic mass is 32.1. The summed E-state index contributed by atoms with van der Waals surface area (Å²) in [6.07, 6.45) is 4.65. The van der Waals surface area contributed by atoms with Gasteiger partial charge in [-0.1, -0.05) is 38.0 Å². The third-order valence-corrected chi connectivity index (χ3v) is 4.95. The predicted octanol–water partition coefficient (Wildman–Crippen LogP) is 4.91. The fraction of sp³-hybridized carbons (Fsp3) is 0.240. The second kappa shape index (κ2) is 12.4. The van der Waals surface area contributed by atoms with Gasteiger partial charge in [-0.3, -0.25) is 14.9 Å². The lowest BCUT2D eigenvalue weighted by molar-refractivity contribution is 0.0945. The molecule has 1 aromatic heterocycles. The van der Waals surface area contributed by atoms with E-state index in [0.717, 1.165) is 19.3 Å².